The zero-order chi connectivity index (χ0) is 10.2. The van der Waals surface area contributed by atoms with Crippen molar-refractivity contribution in [3.05, 3.63) is 24.3 Å². The zero-order valence-electron chi connectivity index (χ0n) is 7.68. The minimum Gasteiger partial charge on any atom is -0.398 e. The molecule has 14 heavy (non-hydrogen) atoms. The van der Waals surface area contributed by atoms with Crippen LogP contribution < -0.4 is 5.73 Å². The maximum Gasteiger partial charge on any atom is 0.245 e. The second-order valence-corrected chi connectivity index (χ2v) is 5.20. The monoisotopic (exact) mass is 212 g/mol. The number of anilines is 1. The van der Waals surface area contributed by atoms with Crippen molar-refractivity contribution in [3.63, 3.8) is 0 Å². The summed E-state index contributed by atoms with van der Waals surface area (Å²) >= 11 is 0. The second-order valence-electron chi connectivity index (χ2n) is 3.30. The third kappa shape index (κ3) is 1.38. The lowest BCUT2D eigenvalue weighted by Crippen LogP contribution is -2.42. The van der Waals surface area contributed by atoms with E-state index >= 15 is 0 Å². The van der Waals surface area contributed by atoms with E-state index in [1.165, 1.54) is 4.31 Å². The molecule has 1 aromatic rings. The van der Waals surface area contributed by atoms with Crippen molar-refractivity contribution in [1.82, 2.24) is 4.31 Å². The molecule has 2 N–H and O–H groups in total. The van der Waals surface area contributed by atoms with Crippen LogP contribution in [-0.2, 0) is 10.0 Å². The van der Waals surface area contributed by atoms with Gasteiger partial charge in [0.2, 0.25) is 10.0 Å². The molecule has 0 amide bonds. The number of hydrogen-bond acceptors (Lipinski definition) is 3. The molecule has 1 aromatic carbocycles. The van der Waals surface area contributed by atoms with Gasteiger partial charge in [0.1, 0.15) is 4.90 Å². The zero-order valence-corrected chi connectivity index (χ0v) is 8.50. The molecule has 0 atom stereocenters. The van der Waals surface area contributed by atoms with Crippen LogP contribution in [0.25, 0.3) is 0 Å². The Morgan fingerprint density at radius 1 is 1.21 bits per heavy atom. The fourth-order valence-corrected chi connectivity index (χ4v) is 3.02. The molecule has 4 nitrogen and oxygen atoms in total. The summed E-state index contributed by atoms with van der Waals surface area (Å²) in [5.74, 6) is 0. The standard InChI is InChI=1S/C9H12N2O2S/c10-8-4-1-2-5-9(8)14(12,13)11-6-3-7-11/h1-2,4-5H,3,6-7,10H2. The van der Waals surface area contributed by atoms with Gasteiger partial charge in [-0.1, -0.05) is 12.1 Å². The third-order valence-corrected chi connectivity index (χ3v) is 4.32. The van der Waals surface area contributed by atoms with Gasteiger partial charge in [-0.3, -0.25) is 0 Å². The molecule has 0 unspecified atom stereocenters. The van der Waals surface area contributed by atoms with Crippen LogP contribution in [0.1, 0.15) is 6.42 Å². The maximum absolute atomic E-state index is 11.9. The first-order chi connectivity index (χ1) is 6.62. The van der Waals surface area contributed by atoms with Gasteiger partial charge in [0.15, 0.2) is 0 Å². The number of sulfonamides is 1. The van der Waals surface area contributed by atoms with E-state index in [9.17, 15) is 8.42 Å². The maximum atomic E-state index is 11.9. The van der Waals surface area contributed by atoms with Gasteiger partial charge in [-0.15, -0.1) is 0 Å². The first kappa shape index (κ1) is 9.48. The summed E-state index contributed by atoms with van der Waals surface area (Å²) < 4.78 is 25.2. The Balaban J connectivity index is 2.43. The van der Waals surface area contributed by atoms with Crippen molar-refractivity contribution >= 4 is 15.7 Å². The minimum absolute atomic E-state index is 0.222. The predicted molar refractivity (Wildman–Crippen MR) is 54.2 cm³/mol. The Morgan fingerprint density at radius 2 is 1.86 bits per heavy atom. The Bertz CT molecular complexity index is 438. The van der Waals surface area contributed by atoms with Crippen molar-refractivity contribution < 1.29 is 8.42 Å². The Morgan fingerprint density at radius 3 is 2.36 bits per heavy atom. The highest BCUT2D eigenvalue weighted by atomic mass is 32.2. The fourth-order valence-electron chi connectivity index (χ4n) is 1.38. The van der Waals surface area contributed by atoms with Crippen LogP contribution in [0.5, 0.6) is 0 Å². The van der Waals surface area contributed by atoms with Gasteiger partial charge in [0, 0.05) is 13.1 Å². The summed E-state index contributed by atoms with van der Waals surface area (Å²) in [5, 5.41) is 0. The van der Waals surface area contributed by atoms with E-state index < -0.39 is 10.0 Å². The van der Waals surface area contributed by atoms with Gasteiger partial charge in [0.25, 0.3) is 0 Å². The number of para-hydroxylation sites is 1. The van der Waals surface area contributed by atoms with Gasteiger partial charge in [-0.05, 0) is 18.6 Å². The number of nitrogens with zero attached hydrogens (tertiary/aromatic N) is 1. The number of hydrogen-bond donors (Lipinski definition) is 1. The molecule has 0 aliphatic carbocycles. The lowest BCUT2D eigenvalue weighted by Gasteiger charge is -2.30. The van der Waals surface area contributed by atoms with Crippen molar-refractivity contribution in [2.75, 3.05) is 18.8 Å². The number of rotatable bonds is 2. The van der Waals surface area contributed by atoms with Crippen molar-refractivity contribution in [1.29, 1.82) is 0 Å². The lowest BCUT2D eigenvalue weighted by atomic mass is 10.3. The lowest BCUT2D eigenvalue weighted by molar-refractivity contribution is 0.309. The van der Waals surface area contributed by atoms with Crippen molar-refractivity contribution in [2.45, 2.75) is 11.3 Å². The van der Waals surface area contributed by atoms with Crippen molar-refractivity contribution in [3.8, 4) is 0 Å². The van der Waals surface area contributed by atoms with Gasteiger partial charge in [-0.25, -0.2) is 8.42 Å². The smallest absolute Gasteiger partial charge is 0.245 e. The fraction of sp³-hybridized carbons (Fsp3) is 0.333. The molecule has 76 valence electrons. The largest absolute Gasteiger partial charge is 0.398 e. The molecule has 1 saturated heterocycles. The summed E-state index contributed by atoms with van der Waals surface area (Å²) in [6.07, 6.45) is 0.936. The molecule has 0 bridgehead atoms. The van der Waals surface area contributed by atoms with E-state index in [1.54, 1.807) is 24.3 Å². The van der Waals surface area contributed by atoms with E-state index in [-0.39, 0.29) is 4.90 Å². The molecule has 1 aliphatic rings. The number of benzene rings is 1. The molecular formula is C9H12N2O2S. The molecule has 1 aliphatic heterocycles. The molecule has 1 fully saturated rings. The van der Waals surface area contributed by atoms with Gasteiger partial charge in [0.05, 0.1) is 5.69 Å². The van der Waals surface area contributed by atoms with Crippen LogP contribution in [0.4, 0.5) is 5.69 Å². The molecule has 0 spiro atoms. The number of nitrogens with two attached hydrogens (primary N) is 1. The normalized spacial score (nSPS) is 17.7. The van der Waals surface area contributed by atoms with E-state index in [0.717, 1.165) is 6.42 Å². The summed E-state index contributed by atoms with van der Waals surface area (Å²) in [5.41, 5.74) is 5.94. The Kier molecular flexibility index (Phi) is 2.20. The minimum atomic E-state index is -3.32. The van der Waals surface area contributed by atoms with Crippen LogP contribution in [0, 0.1) is 0 Å². The van der Waals surface area contributed by atoms with Crippen LogP contribution in [-0.4, -0.2) is 25.8 Å². The highest BCUT2D eigenvalue weighted by molar-refractivity contribution is 7.89. The molecule has 1 heterocycles. The van der Waals surface area contributed by atoms with Crippen LogP contribution in [0.3, 0.4) is 0 Å². The molecule has 2 rings (SSSR count). The van der Waals surface area contributed by atoms with Gasteiger partial charge < -0.3 is 5.73 Å². The quantitative estimate of drug-likeness (QED) is 0.733. The topological polar surface area (TPSA) is 63.4 Å². The average Bonchev–Trinajstić information content (AvgIpc) is 2.00. The Labute approximate surface area is 83.4 Å². The summed E-state index contributed by atoms with van der Waals surface area (Å²) in [7, 11) is -3.32. The highest BCUT2D eigenvalue weighted by Crippen LogP contribution is 2.25. The third-order valence-electron chi connectivity index (χ3n) is 2.35. The Hall–Kier alpha value is -1.07. The molecular weight excluding hydrogens is 200 g/mol. The predicted octanol–water partition coefficient (Wildman–Crippen LogP) is 0.663. The van der Waals surface area contributed by atoms with Gasteiger partial charge in [-0.2, -0.15) is 4.31 Å². The van der Waals surface area contributed by atoms with Crippen LogP contribution in [0.2, 0.25) is 0 Å². The van der Waals surface area contributed by atoms with Crippen molar-refractivity contribution in [2.24, 2.45) is 0 Å². The van der Waals surface area contributed by atoms with Gasteiger partial charge >= 0.3 is 0 Å². The summed E-state index contributed by atoms with van der Waals surface area (Å²) in [4.78, 5) is 0.222. The van der Waals surface area contributed by atoms with Crippen LogP contribution in [0.15, 0.2) is 29.2 Å². The van der Waals surface area contributed by atoms with E-state index in [0.29, 0.717) is 18.8 Å². The first-order valence-electron chi connectivity index (χ1n) is 4.47. The SMILES string of the molecule is Nc1ccccc1S(=O)(=O)N1CCC1. The first-order valence-corrected chi connectivity index (χ1v) is 5.91. The number of nitrogen functional groups attached to an aromatic ring is 1. The van der Waals surface area contributed by atoms with E-state index in [4.69, 9.17) is 5.73 Å². The summed E-state index contributed by atoms with van der Waals surface area (Å²) in [6, 6.07) is 6.56. The highest BCUT2D eigenvalue weighted by Gasteiger charge is 2.30. The molecule has 0 aromatic heterocycles. The van der Waals surface area contributed by atoms with E-state index in [2.05, 4.69) is 0 Å². The van der Waals surface area contributed by atoms with Crippen LogP contribution >= 0.6 is 0 Å². The average molecular weight is 212 g/mol. The molecule has 0 saturated carbocycles. The molecule has 0 radical (unpaired) electrons. The van der Waals surface area contributed by atoms with E-state index in [1.807, 2.05) is 0 Å². The summed E-state index contributed by atoms with van der Waals surface area (Å²) in [6.45, 7) is 1.22. The second kappa shape index (κ2) is 3.25. The molecule has 5 heteroatoms.